The largest absolute Gasteiger partial charge is 0.416 e. The van der Waals surface area contributed by atoms with E-state index < -0.39 is 22.4 Å². The molecule has 0 bridgehead atoms. The summed E-state index contributed by atoms with van der Waals surface area (Å²) in [7, 11) is 0. The van der Waals surface area contributed by atoms with E-state index >= 15 is 0 Å². The number of carbonyl (C=O) groups is 1. The van der Waals surface area contributed by atoms with Gasteiger partial charge in [0.05, 0.1) is 16.2 Å². The Morgan fingerprint density at radius 1 is 1.10 bits per heavy atom. The highest BCUT2D eigenvalue weighted by Crippen LogP contribution is 2.36. The quantitative estimate of drug-likeness (QED) is 0.368. The Labute approximate surface area is 179 Å². The van der Waals surface area contributed by atoms with Gasteiger partial charge in [-0.05, 0) is 36.4 Å². The Balaban J connectivity index is 1.61. The van der Waals surface area contributed by atoms with E-state index in [-0.39, 0.29) is 17.3 Å². The lowest BCUT2D eigenvalue weighted by molar-refractivity contribution is -0.384. The van der Waals surface area contributed by atoms with Crippen LogP contribution in [0.15, 0.2) is 47.4 Å². The van der Waals surface area contributed by atoms with Crippen molar-refractivity contribution in [3.8, 4) is 0 Å². The second-order valence-electron chi connectivity index (χ2n) is 6.57. The molecular weight excluding hydrogens is 443 g/mol. The SMILES string of the molecule is O=C(CSc1ccc(Cl)cc1)N1CCN(c2ccc(C(F)(F)F)cc2[N+](=O)[O-])CC1. The number of hydrogen-bond acceptors (Lipinski definition) is 5. The van der Waals surface area contributed by atoms with Crippen molar-refractivity contribution < 1.29 is 22.9 Å². The van der Waals surface area contributed by atoms with E-state index in [0.29, 0.717) is 37.3 Å². The third-order valence-corrected chi connectivity index (χ3v) is 5.90. The average molecular weight is 460 g/mol. The molecule has 2 aromatic rings. The molecule has 0 aliphatic carbocycles. The van der Waals surface area contributed by atoms with E-state index in [1.165, 1.54) is 11.8 Å². The summed E-state index contributed by atoms with van der Waals surface area (Å²) < 4.78 is 38.6. The van der Waals surface area contributed by atoms with Crippen LogP contribution >= 0.6 is 23.4 Å². The Kier molecular flexibility index (Phi) is 6.77. The topological polar surface area (TPSA) is 66.7 Å². The monoisotopic (exact) mass is 459 g/mol. The molecule has 0 aromatic heterocycles. The molecule has 1 aliphatic heterocycles. The van der Waals surface area contributed by atoms with Crippen molar-refractivity contribution in [2.75, 3.05) is 36.8 Å². The van der Waals surface area contributed by atoms with Crippen LogP contribution in [0.1, 0.15) is 5.56 Å². The van der Waals surface area contributed by atoms with Gasteiger partial charge in [-0.2, -0.15) is 13.2 Å². The smallest absolute Gasteiger partial charge is 0.362 e. The minimum Gasteiger partial charge on any atom is -0.362 e. The van der Waals surface area contributed by atoms with E-state index in [0.717, 1.165) is 17.0 Å². The summed E-state index contributed by atoms with van der Waals surface area (Å²) in [6.45, 7) is 1.25. The van der Waals surface area contributed by atoms with Crippen LogP contribution in [0, 0.1) is 10.1 Å². The predicted molar refractivity (Wildman–Crippen MR) is 109 cm³/mol. The normalized spacial score (nSPS) is 14.7. The van der Waals surface area contributed by atoms with Crippen molar-refractivity contribution in [1.29, 1.82) is 0 Å². The number of thioether (sulfide) groups is 1. The second-order valence-corrected chi connectivity index (χ2v) is 8.05. The van der Waals surface area contributed by atoms with E-state index in [4.69, 9.17) is 11.6 Å². The molecule has 0 unspecified atom stereocenters. The number of anilines is 1. The first kappa shape index (κ1) is 22.2. The molecule has 1 aliphatic rings. The minimum absolute atomic E-state index is 0.0727. The van der Waals surface area contributed by atoms with Gasteiger partial charge >= 0.3 is 6.18 Å². The molecule has 160 valence electrons. The number of alkyl halides is 3. The molecule has 0 atom stereocenters. The maximum Gasteiger partial charge on any atom is 0.416 e. The molecule has 2 aromatic carbocycles. The van der Waals surface area contributed by atoms with Crippen molar-refractivity contribution in [3.05, 3.63) is 63.2 Å². The maximum absolute atomic E-state index is 12.9. The first-order chi connectivity index (χ1) is 14.1. The molecule has 0 radical (unpaired) electrons. The number of hydrogen-bond donors (Lipinski definition) is 0. The fraction of sp³-hybridized carbons (Fsp3) is 0.316. The Hall–Kier alpha value is -2.46. The number of rotatable bonds is 5. The van der Waals surface area contributed by atoms with Crippen molar-refractivity contribution >= 4 is 40.6 Å². The van der Waals surface area contributed by atoms with Gasteiger partial charge in [-0.3, -0.25) is 14.9 Å². The van der Waals surface area contributed by atoms with Gasteiger partial charge in [-0.25, -0.2) is 0 Å². The fourth-order valence-corrected chi connectivity index (χ4v) is 4.00. The van der Waals surface area contributed by atoms with E-state index in [9.17, 15) is 28.1 Å². The lowest BCUT2D eigenvalue weighted by atomic mass is 10.1. The highest BCUT2D eigenvalue weighted by atomic mass is 35.5. The third kappa shape index (κ3) is 5.37. The van der Waals surface area contributed by atoms with Crippen molar-refractivity contribution in [2.24, 2.45) is 0 Å². The predicted octanol–water partition coefficient (Wildman–Crippen LogP) is 4.71. The maximum atomic E-state index is 12.9. The molecule has 30 heavy (non-hydrogen) atoms. The number of nitro groups is 1. The molecule has 0 N–H and O–H groups in total. The number of amides is 1. The summed E-state index contributed by atoms with van der Waals surface area (Å²) in [5.74, 6) is 0.165. The molecule has 0 saturated carbocycles. The second kappa shape index (κ2) is 9.13. The summed E-state index contributed by atoms with van der Waals surface area (Å²) in [5.41, 5.74) is -1.54. The van der Waals surface area contributed by atoms with Gasteiger partial charge in [0.25, 0.3) is 5.69 Å². The first-order valence-electron chi connectivity index (χ1n) is 8.92. The van der Waals surface area contributed by atoms with Crippen LogP contribution in [-0.2, 0) is 11.0 Å². The van der Waals surface area contributed by atoms with Crippen LogP contribution in [0.5, 0.6) is 0 Å². The van der Waals surface area contributed by atoms with Crippen LogP contribution in [0.3, 0.4) is 0 Å². The average Bonchev–Trinajstić information content (AvgIpc) is 2.72. The highest BCUT2D eigenvalue weighted by molar-refractivity contribution is 8.00. The van der Waals surface area contributed by atoms with Crippen LogP contribution in [0.4, 0.5) is 24.5 Å². The Morgan fingerprint density at radius 3 is 2.30 bits per heavy atom. The van der Waals surface area contributed by atoms with Gasteiger partial charge in [-0.1, -0.05) is 11.6 Å². The highest BCUT2D eigenvalue weighted by Gasteiger charge is 2.34. The minimum atomic E-state index is -4.66. The lowest BCUT2D eigenvalue weighted by Crippen LogP contribution is -2.49. The van der Waals surface area contributed by atoms with E-state index in [2.05, 4.69) is 0 Å². The first-order valence-corrected chi connectivity index (χ1v) is 10.3. The summed E-state index contributed by atoms with van der Waals surface area (Å²) >= 11 is 7.21. The van der Waals surface area contributed by atoms with Gasteiger partial charge in [0.2, 0.25) is 5.91 Å². The lowest BCUT2D eigenvalue weighted by Gasteiger charge is -2.35. The molecule has 1 saturated heterocycles. The molecule has 3 rings (SSSR count). The van der Waals surface area contributed by atoms with Crippen LogP contribution in [0.2, 0.25) is 5.02 Å². The number of halogens is 4. The number of benzene rings is 2. The number of nitrogens with zero attached hydrogens (tertiary/aromatic N) is 3. The zero-order valence-electron chi connectivity index (χ0n) is 15.6. The summed E-state index contributed by atoms with van der Waals surface area (Å²) in [4.78, 5) is 27.1. The number of carbonyl (C=O) groups excluding carboxylic acids is 1. The van der Waals surface area contributed by atoms with Crippen LogP contribution in [-0.4, -0.2) is 47.7 Å². The van der Waals surface area contributed by atoms with Crippen molar-refractivity contribution in [2.45, 2.75) is 11.1 Å². The Morgan fingerprint density at radius 2 is 1.73 bits per heavy atom. The van der Waals surface area contributed by atoms with Crippen molar-refractivity contribution in [1.82, 2.24) is 4.90 Å². The number of piperazine rings is 1. The molecule has 0 spiro atoms. The van der Waals surface area contributed by atoms with Crippen molar-refractivity contribution in [3.63, 3.8) is 0 Å². The summed E-state index contributed by atoms with van der Waals surface area (Å²) in [6, 6.07) is 9.63. The van der Waals surface area contributed by atoms with Gasteiger partial charge in [0.1, 0.15) is 5.69 Å². The summed E-state index contributed by atoms with van der Waals surface area (Å²) in [6.07, 6.45) is -4.66. The van der Waals surface area contributed by atoms with E-state index in [1.54, 1.807) is 21.9 Å². The molecular formula is C19H17ClF3N3O3S. The molecule has 1 heterocycles. The van der Waals surface area contributed by atoms with E-state index in [1.807, 2.05) is 12.1 Å². The zero-order valence-corrected chi connectivity index (χ0v) is 17.1. The number of nitro benzene ring substituents is 1. The molecule has 1 fully saturated rings. The standard InChI is InChI=1S/C19H17ClF3N3O3S/c20-14-2-4-15(5-3-14)30-12-18(27)25-9-7-24(8-10-25)16-6-1-13(19(21,22)23)11-17(16)26(28)29/h1-6,11H,7-10,12H2. The van der Waals surface area contributed by atoms with Crippen LogP contribution < -0.4 is 4.90 Å². The zero-order chi connectivity index (χ0) is 21.9. The molecule has 1 amide bonds. The van der Waals surface area contributed by atoms with Crippen LogP contribution in [0.25, 0.3) is 0 Å². The third-order valence-electron chi connectivity index (χ3n) is 4.65. The summed E-state index contributed by atoms with van der Waals surface area (Å²) in [5, 5.41) is 11.9. The van der Waals surface area contributed by atoms with Gasteiger partial charge < -0.3 is 9.80 Å². The van der Waals surface area contributed by atoms with Gasteiger partial charge in [0, 0.05) is 42.2 Å². The molecule has 6 nitrogen and oxygen atoms in total. The molecule has 11 heteroatoms. The fourth-order valence-electron chi connectivity index (χ4n) is 3.08. The Bertz CT molecular complexity index is 933. The van der Waals surface area contributed by atoms with Gasteiger partial charge in [-0.15, -0.1) is 11.8 Å². The van der Waals surface area contributed by atoms with Gasteiger partial charge in [0.15, 0.2) is 0 Å².